The molecule has 0 radical (unpaired) electrons. The number of amidine groups is 1. The average Bonchev–Trinajstić information content (AvgIpc) is 2.79. The largest absolute Gasteiger partial charge is 0.457 e. The summed E-state index contributed by atoms with van der Waals surface area (Å²) in [5.41, 5.74) is 0.998. The van der Waals surface area contributed by atoms with E-state index in [2.05, 4.69) is 15.0 Å². The third-order valence-corrected chi connectivity index (χ3v) is 8.40. The van der Waals surface area contributed by atoms with Gasteiger partial charge >= 0.3 is 6.02 Å². The lowest BCUT2D eigenvalue weighted by Gasteiger charge is -2.38. The monoisotopic (exact) mass is 489 g/mol. The Labute approximate surface area is 200 Å². The quantitative estimate of drug-likeness (QED) is 0.574. The fraction of sp³-hybridized carbons (Fsp3) is 0.480. The van der Waals surface area contributed by atoms with Gasteiger partial charge in [0.05, 0.1) is 6.04 Å². The van der Waals surface area contributed by atoms with Crippen molar-refractivity contribution in [2.45, 2.75) is 55.9 Å². The summed E-state index contributed by atoms with van der Waals surface area (Å²) in [6, 6.07) is 13.0. The van der Waals surface area contributed by atoms with Crippen molar-refractivity contribution in [3.63, 3.8) is 0 Å². The van der Waals surface area contributed by atoms with Crippen LogP contribution in [0.5, 0.6) is 0 Å². The first-order valence-corrected chi connectivity index (χ1v) is 13.2. The molecule has 184 valence electrons. The van der Waals surface area contributed by atoms with E-state index in [4.69, 9.17) is 4.74 Å². The van der Waals surface area contributed by atoms with Gasteiger partial charge in [0.2, 0.25) is 0 Å². The maximum atomic E-state index is 14.3. The van der Waals surface area contributed by atoms with Crippen LogP contribution in [0, 0.1) is 5.82 Å². The van der Waals surface area contributed by atoms with Gasteiger partial charge in [-0.25, -0.2) is 12.8 Å². The van der Waals surface area contributed by atoms with Crippen LogP contribution in [0.15, 0.2) is 52.9 Å². The van der Waals surface area contributed by atoms with Gasteiger partial charge in [-0.15, -0.1) is 4.40 Å². The molecule has 0 aliphatic carbocycles. The van der Waals surface area contributed by atoms with E-state index in [-0.39, 0.29) is 19.0 Å². The topological polar surface area (TPSA) is 100 Å². The number of hydrogen-bond donors (Lipinski definition) is 3. The molecule has 0 amide bonds. The molecule has 0 spiro atoms. The van der Waals surface area contributed by atoms with E-state index in [9.17, 15) is 17.9 Å². The van der Waals surface area contributed by atoms with Gasteiger partial charge in [0, 0.05) is 12.2 Å². The van der Waals surface area contributed by atoms with Crippen molar-refractivity contribution in [3.05, 3.63) is 71.0 Å². The number of nitrogens with zero attached hydrogens (tertiary/aromatic N) is 1. The van der Waals surface area contributed by atoms with Crippen LogP contribution in [0.3, 0.4) is 0 Å². The van der Waals surface area contributed by atoms with Gasteiger partial charge in [-0.05, 0) is 69.3 Å². The second-order valence-electron chi connectivity index (χ2n) is 9.42. The summed E-state index contributed by atoms with van der Waals surface area (Å²) in [5, 5.41) is 14.7. The zero-order valence-electron chi connectivity index (χ0n) is 19.5. The van der Waals surface area contributed by atoms with Crippen LogP contribution < -0.4 is 10.6 Å². The van der Waals surface area contributed by atoms with Gasteiger partial charge in [0.25, 0.3) is 10.0 Å². The number of aliphatic hydroxyl groups is 1. The summed E-state index contributed by atoms with van der Waals surface area (Å²) in [5.74, 6) is 0.0110. The zero-order valence-corrected chi connectivity index (χ0v) is 20.3. The van der Waals surface area contributed by atoms with Crippen LogP contribution in [0.4, 0.5) is 4.39 Å². The first kappa shape index (κ1) is 24.6. The van der Waals surface area contributed by atoms with E-state index in [1.165, 1.54) is 11.6 Å². The number of rotatable bonds is 6. The third kappa shape index (κ3) is 5.26. The molecule has 2 heterocycles. The molecule has 0 bridgehead atoms. The van der Waals surface area contributed by atoms with Crippen molar-refractivity contribution in [2.75, 3.05) is 19.7 Å². The summed E-state index contributed by atoms with van der Waals surface area (Å²) in [6.07, 6.45) is 2.28. The van der Waals surface area contributed by atoms with Crippen molar-refractivity contribution in [1.82, 2.24) is 10.6 Å². The van der Waals surface area contributed by atoms with E-state index in [0.717, 1.165) is 25.9 Å². The Morgan fingerprint density at radius 2 is 1.79 bits per heavy atom. The number of piperidine rings is 1. The highest BCUT2D eigenvalue weighted by Crippen LogP contribution is 2.41. The molecule has 3 N–H and O–H groups in total. The Morgan fingerprint density at radius 1 is 1.15 bits per heavy atom. The molecule has 2 aliphatic heterocycles. The van der Waals surface area contributed by atoms with Crippen LogP contribution >= 0.6 is 0 Å². The standard InChI is InChI=1S/C25H32FN3O4S/c1-25(2)23(19-9-7-17(8-10-19)18-11-14-27-15-12-18)34(31,32)29-24(33-25)28-22(13-16-30)20-5-3-4-6-21(20)26/h3-10,18,22-23,27,30H,11-16H2,1-2H3,(H,28,29)/t22-,23?/m0/s1. The highest BCUT2D eigenvalue weighted by Gasteiger charge is 2.47. The molecule has 2 aromatic carbocycles. The first-order chi connectivity index (χ1) is 16.2. The lowest BCUT2D eigenvalue weighted by atomic mass is 9.88. The third-order valence-electron chi connectivity index (χ3n) is 6.55. The molecule has 9 heteroatoms. The molecule has 2 atom stereocenters. The highest BCUT2D eigenvalue weighted by atomic mass is 32.2. The fourth-order valence-electron chi connectivity index (χ4n) is 4.92. The maximum absolute atomic E-state index is 14.3. The molecule has 34 heavy (non-hydrogen) atoms. The minimum atomic E-state index is -3.99. The predicted molar refractivity (Wildman–Crippen MR) is 130 cm³/mol. The molecule has 2 aliphatic rings. The highest BCUT2D eigenvalue weighted by molar-refractivity contribution is 7.90. The first-order valence-electron chi connectivity index (χ1n) is 11.7. The van der Waals surface area contributed by atoms with Crippen molar-refractivity contribution < 1.29 is 22.7 Å². The summed E-state index contributed by atoms with van der Waals surface area (Å²) in [6.45, 7) is 5.16. The number of benzene rings is 2. The van der Waals surface area contributed by atoms with Crippen molar-refractivity contribution in [3.8, 4) is 0 Å². The van der Waals surface area contributed by atoms with Gasteiger partial charge in [0.15, 0.2) is 0 Å². The Bertz CT molecular complexity index is 1130. The number of sulfonamides is 1. The normalized spacial score (nSPS) is 22.9. The summed E-state index contributed by atoms with van der Waals surface area (Å²) in [4.78, 5) is 0. The van der Waals surface area contributed by atoms with E-state index < -0.39 is 32.7 Å². The minimum Gasteiger partial charge on any atom is -0.457 e. The fourth-order valence-corrected chi connectivity index (χ4v) is 6.61. The summed E-state index contributed by atoms with van der Waals surface area (Å²) < 4.78 is 50.9. The Balaban J connectivity index is 1.59. The van der Waals surface area contributed by atoms with E-state index in [1.807, 2.05) is 24.3 Å². The molecule has 0 aromatic heterocycles. The van der Waals surface area contributed by atoms with Crippen LogP contribution in [0.1, 0.15) is 67.0 Å². The Morgan fingerprint density at radius 3 is 2.41 bits per heavy atom. The molecule has 2 aromatic rings. The molecular weight excluding hydrogens is 457 g/mol. The molecule has 0 saturated carbocycles. The van der Waals surface area contributed by atoms with E-state index in [0.29, 0.717) is 17.0 Å². The molecule has 4 rings (SSSR count). The van der Waals surface area contributed by atoms with Crippen molar-refractivity contribution in [2.24, 2.45) is 4.40 Å². The van der Waals surface area contributed by atoms with E-state index in [1.54, 1.807) is 32.0 Å². The van der Waals surface area contributed by atoms with Gasteiger partial charge in [-0.2, -0.15) is 0 Å². The molecule has 1 fully saturated rings. The van der Waals surface area contributed by atoms with Crippen molar-refractivity contribution >= 4 is 16.0 Å². The van der Waals surface area contributed by atoms with Gasteiger partial charge in [-0.1, -0.05) is 42.5 Å². The minimum absolute atomic E-state index is 0.158. The van der Waals surface area contributed by atoms with Crippen LogP contribution in [-0.4, -0.2) is 44.8 Å². The SMILES string of the molecule is CC1(C)OC(N[C@@H](CCO)c2ccccc2F)=NS(=O)(=O)C1c1ccc(C2CCNCC2)cc1. The lowest BCUT2D eigenvalue weighted by molar-refractivity contribution is 0.0759. The summed E-state index contributed by atoms with van der Waals surface area (Å²) in [7, 11) is -3.99. The molecule has 1 unspecified atom stereocenters. The number of nitrogens with one attached hydrogen (secondary N) is 2. The predicted octanol–water partition coefficient (Wildman–Crippen LogP) is 3.54. The lowest BCUT2D eigenvalue weighted by Crippen LogP contribution is -2.47. The number of hydrogen-bond acceptors (Lipinski definition) is 6. The Hall–Kier alpha value is -2.49. The van der Waals surface area contributed by atoms with Crippen LogP contribution in [-0.2, 0) is 14.8 Å². The average molecular weight is 490 g/mol. The smallest absolute Gasteiger partial charge is 0.301 e. The number of ether oxygens (including phenoxy) is 1. The number of halogens is 1. The molecule has 1 saturated heterocycles. The van der Waals surface area contributed by atoms with E-state index >= 15 is 0 Å². The summed E-state index contributed by atoms with van der Waals surface area (Å²) >= 11 is 0. The van der Waals surface area contributed by atoms with Crippen molar-refractivity contribution in [1.29, 1.82) is 0 Å². The van der Waals surface area contributed by atoms with Crippen LogP contribution in [0.2, 0.25) is 0 Å². The second-order valence-corrected chi connectivity index (χ2v) is 11.1. The molecule has 7 nitrogen and oxygen atoms in total. The molecular formula is C25H32FN3O4S. The van der Waals surface area contributed by atoms with Gasteiger partial charge in [0.1, 0.15) is 16.7 Å². The van der Waals surface area contributed by atoms with Gasteiger partial charge in [-0.3, -0.25) is 0 Å². The Kier molecular flexibility index (Phi) is 7.25. The van der Waals surface area contributed by atoms with Crippen LogP contribution in [0.25, 0.3) is 0 Å². The maximum Gasteiger partial charge on any atom is 0.301 e. The second kappa shape index (κ2) is 10.0. The number of aliphatic hydroxyl groups excluding tert-OH is 1. The van der Waals surface area contributed by atoms with Gasteiger partial charge < -0.3 is 20.5 Å². The zero-order chi connectivity index (χ0) is 24.3.